The average molecular weight is 383 g/mol. The monoisotopic (exact) mass is 382 g/mol. The molecule has 0 aliphatic carbocycles. The summed E-state index contributed by atoms with van der Waals surface area (Å²) in [5, 5.41) is 2.96. The molecule has 3 aromatic rings. The Labute approximate surface area is 160 Å². The minimum atomic E-state index is -0.611. The van der Waals surface area contributed by atoms with E-state index in [9.17, 15) is 9.59 Å². The van der Waals surface area contributed by atoms with Gasteiger partial charge in [0.05, 0.1) is 10.6 Å². The number of nitrogens with one attached hydrogen (secondary N) is 1. The van der Waals surface area contributed by atoms with Crippen LogP contribution in [0.3, 0.4) is 0 Å². The van der Waals surface area contributed by atoms with Gasteiger partial charge in [-0.3, -0.25) is 4.79 Å². The number of amides is 1. The number of carbonyl (C=O) groups is 2. The number of aromatic nitrogens is 1. The number of carbonyl (C=O) groups excluding carboxylic acids is 2. The first-order chi connectivity index (χ1) is 13.1. The Kier molecular flexibility index (Phi) is 6.02. The number of pyridine rings is 1. The van der Waals surface area contributed by atoms with Crippen LogP contribution < -0.4 is 10.1 Å². The number of halogens is 1. The van der Waals surface area contributed by atoms with Gasteiger partial charge in [-0.15, -0.1) is 0 Å². The molecule has 2 aromatic carbocycles. The van der Waals surface area contributed by atoms with Gasteiger partial charge in [0.2, 0.25) is 0 Å². The molecule has 0 fully saturated rings. The first-order valence-electron chi connectivity index (χ1n) is 8.02. The predicted octanol–water partition coefficient (Wildman–Crippen LogP) is 4.32. The maximum atomic E-state index is 12.0. The van der Waals surface area contributed by atoms with Crippen LogP contribution >= 0.6 is 11.6 Å². The Morgan fingerprint density at radius 2 is 1.63 bits per heavy atom. The van der Waals surface area contributed by atoms with Crippen molar-refractivity contribution < 1.29 is 19.1 Å². The van der Waals surface area contributed by atoms with Crippen LogP contribution in [-0.2, 0) is 9.53 Å². The van der Waals surface area contributed by atoms with Gasteiger partial charge in [0.1, 0.15) is 17.3 Å². The molecular weight excluding hydrogens is 368 g/mol. The standard InChI is InChI=1S/C20H15ClN2O4/c21-15-8-11-18(22-12-15)23-19(24)13-26-20(25)14-6-9-17(10-7-14)27-16-4-2-1-3-5-16/h1-12H,13H2,(H,22,23,24). The molecule has 6 nitrogen and oxygen atoms in total. The summed E-state index contributed by atoms with van der Waals surface area (Å²) >= 11 is 5.72. The number of anilines is 1. The third-order valence-electron chi connectivity index (χ3n) is 3.40. The molecule has 3 rings (SSSR count). The fourth-order valence-electron chi connectivity index (χ4n) is 2.13. The van der Waals surface area contributed by atoms with Crippen LogP contribution in [0.25, 0.3) is 0 Å². The fraction of sp³-hybridized carbons (Fsp3) is 0.0500. The third-order valence-corrected chi connectivity index (χ3v) is 3.62. The van der Waals surface area contributed by atoms with Gasteiger partial charge in [-0.2, -0.15) is 0 Å². The molecule has 1 heterocycles. The van der Waals surface area contributed by atoms with Gasteiger partial charge in [0, 0.05) is 6.20 Å². The van der Waals surface area contributed by atoms with E-state index in [0.29, 0.717) is 27.9 Å². The van der Waals surface area contributed by atoms with Gasteiger partial charge in [-0.05, 0) is 48.5 Å². The first-order valence-corrected chi connectivity index (χ1v) is 8.39. The minimum absolute atomic E-state index is 0.313. The maximum absolute atomic E-state index is 12.0. The number of hydrogen-bond donors (Lipinski definition) is 1. The molecule has 0 saturated carbocycles. The molecule has 0 bridgehead atoms. The summed E-state index contributed by atoms with van der Waals surface area (Å²) in [5.74, 6) is 0.496. The molecule has 0 aliphatic heterocycles. The van der Waals surface area contributed by atoms with Gasteiger partial charge in [-0.25, -0.2) is 9.78 Å². The zero-order valence-electron chi connectivity index (χ0n) is 14.1. The maximum Gasteiger partial charge on any atom is 0.338 e. The normalized spacial score (nSPS) is 10.1. The minimum Gasteiger partial charge on any atom is -0.457 e. The van der Waals surface area contributed by atoms with Gasteiger partial charge >= 0.3 is 5.97 Å². The lowest BCUT2D eigenvalue weighted by molar-refractivity contribution is -0.119. The van der Waals surface area contributed by atoms with E-state index in [1.807, 2.05) is 30.3 Å². The van der Waals surface area contributed by atoms with Crippen molar-refractivity contribution in [3.8, 4) is 11.5 Å². The molecule has 0 spiro atoms. The molecule has 136 valence electrons. The molecule has 0 radical (unpaired) electrons. The third kappa shape index (κ3) is 5.55. The van der Waals surface area contributed by atoms with E-state index in [2.05, 4.69) is 10.3 Å². The summed E-state index contributed by atoms with van der Waals surface area (Å²) in [6.45, 7) is -0.425. The van der Waals surface area contributed by atoms with Crippen molar-refractivity contribution in [2.45, 2.75) is 0 Å². The van der Waals surface area contributed by atoms with Crippen LogP contribution in [0.2, 0.25) is 5.02 Å². The van der Waals surface area contributed by atoms with Crippen molar-refractivity contribution in [1.29, 1.82) is 0 Å². The van der Waals surface area contributed by atoms with Crippen LogP contribution in [0.1, 0.15) is 10.4 Å². The second-order valence-corrected chi connectivity index (χ2v) is 5.86. The summed E-state index contributed by atoms with van der Waals surface area (Å²) < 4.78 is 10.7. The Bertz CT molecular complexity index is 913. The average Bonchev–Trinajstić information content (AvgIpc) is 2.69. The summed E-state index contributed by atoms with van der Waals surface area (Å²) in [6.07, 6.45) is 1.41. The van der Waals surface area contributed by atoms with E-state index >= 15 is 0 Å². The molecule has 1 N–H and O–H groups in total. The van der Waals surface area contributed by atoms with Crippen LogP contribution in [0, 0.1) is 0 Å². The highest BCUT2D eigenvalue weighted by Gasteiger charge is 2.11. The molecule has 0 unspecified atom stereocenters. The topological polar surface area (TPSA) is 77.5 Å². The molecule has 0 aliphatic rings. The number of nitrogens with zero attached hydrogens (tertiary/aromatic N) is 1. The molecule has 0 atom stereocenters. The molecule has 7 heteroatoms. The lowest BCUT2D eigenvalue weighted by Crippen LogP contribution is -2.21. The van der Waals surface area contributed by atoms with Crippen molar-refractivity contribution >= 4 is 29.3 Å². The van der Waals surface area contributed by atoms with Crippen LogP contribution in [0.4, 0.5) is 5.82 Å². The van der Waals surface area contributed by atoms with Gasteiger partial charge < -0.3 is 14.8 Å². The van der Waals surface area contributed by atoms with Crippen molar-refractivity contribution in [3.63, 3.8) is 0 Å². The Morgan fingerprint density at radius 3 is 2.30 bits per heavy atom. The van der Waals surface area contributed by atoms with Crippen LogP contribution in [0.15, 0.2) is 72.9 Å². The van der Waals surface area contributed by atoms with E-state index in [4.69, 9.17) is 21.1 Å². The number of esters is 1. The van der Waals surface area contributed by atoms with E-state index < -0.39 is 18.5 Å². The molecule has 1 aromatic heterocycles. The Balaban J connectivity index is 1.50. The highest BCUT2D eigenvalue weighted by atomic mass is 35.5. The first kappa shape index (κ1) is 18.4. The van der Waals surface area contributed by atoms with E-state index in [1.165, 1.54) is 6.20 Å². The van der Waals surface area contributed by atoms with Gasteiger partial charge in [-0.1, -0.05) is 29.8 Å². The number of para-hydroxylation sites is 1. The summed E-state index contributed by atoms with van der Waals surface area (Å²) in [7, 11) is 0. The Hall–Kier alpha value is -3.38. The summed E-state index contributed by atoms with van der Waals surface area (Å²) in [6, 6.07) is 18.9. The van der Waals surface area contributed by atoms with Crippen LogP contribution in [-0.4, -0.2) is 23.5 Å². The molecule has 1 amide bonds. The Morgan fingerprint density at radius 1 is 0.926 bits per heavy atom. The fourth-order valence-corrected chi connectivity index (χ4v) is 2.24. The smallest absolute Gasteiger partial charge is 0.338 e. The quantitative estimate of drug-likeness (QED) is 0.642. The number of hydrogen-bond acceptors (Lipinski definition) is 5. The van der Waals surface area contributed by atoms with Gasteiger partial charge in [0.15, 0.2) is 6.61 Å². The SMILES string of the molecule is O=C(COC(=O)c1ccc(Oc2ccccc2)cc1)Nc1ccc(Cl)cn1. The lowest BCUT2D eigenvalue weighted by atomic mass is 10.2. The zero-order chi connectivity index (χ0) is 19.1. The highest BCUT2D eigenvalue weighted by molar-refractivity contribution is 6.30. The van der Waals surface area contributed by atoms with Crippen molar-refractivity contribution in [2.75, 3.05) is 11.9 Å². The predicted molar refractivity (Wildman–Crippen MR) is 101 cm³/mol. The largest absolute Gasteiger partial charge is 0.457 e. The highest BCUT2D eigenvalue weighted by Crippen LogP contribution is 2.21. The van der Waals surface area contributed by atoms with Crippen LogP contribution in [0.5, 0.6) is 11.5 Å². The molecule has 27 heavy (non-hydrogen) atoms. The molecular formula is C20H15ClN2O4. The number of rotatable bonds is 6. The second-order valence-electron chi connectivity index (χ2n) is 5.43. The second kappa shape index (κ2) is 8.82. The summed E-state index contributed by atoms with van der Waals surface area (Å²) in [5.41, 5.74) is 0.313. The van der Waals surface area contributed by atoms with Gasteiger partial charge in [0.25, 0.3) is 5.91 Å². The van der Waals surface area contributed by atoms with E-state index in [0.717, 1.165) is 0 Å². The van der Waals surface area contributed by atoms with E-state index in [1.54, 1.807) is 36.4 Å². The van der Waals surface area contributed by atoms with E-state index in [-0.39, 0.29) is 0 Å². The molecule has 0 saturated heterocycles. The zero-order valence-corrected chi connectivity index (χ0v) is 14.8. The number of ether oxygens (including phenoxy) is 2. The number of benzene rings is 2. The van der Waals surface area contributed by atoms with Crippen molar-refractivity contribution in [1.82, 2.24) is 4.98 Å². The lowest BCUT2D eigenvalue weighted by Gasteiger charge is -2.08. The van der Waals surface area contributed by atoms with Crippen molar-refractivity contribution in [3.05, 3.63) is 83.5 Å². The van der Waals surface area contributed by atoms with Crippen molar-refractivity contribution in [2.24, 2.45) is 0 Å². The summed E-state index contributed by atoms with van der Waals surface area (Å²) in [4.78, 5) is 27.8.